The van der Waals surface area contributed by atoms with E-state index in [0.717, 1.165) is 5.92 Å². The van der Waals surface area contributed by atoms with Gasteiger partial charge in [0.1, 0.15) is 0 Å². The highest BCUT2D eigenvalue weighted by molar-refractivity contribution is 5.21. The molecule has 0 radical (unpaired) electrons. The number of rotatable bonds is 5. The minimum atomic E-state index is 0.645. The second-order valence-corrected chi connectivity index (χ2v) is 6.94. The molecule has 1 N–H and O–H groups in total. The van der Waals surface area contributed by atoms with Gasteiger partial charge in [0, 0.05) is 25.2 Å². The third kappa shape index (κ3) is 3.62. The van der Waals surface area contributed by atoms with E-state index in [1.807, 2.05) is 0 Å². The summed E-state index contributed by atoms with van der Waals surface area (Å²) in [6.45, 7) is 8.31. The molecule has 1 aliphatic carbocycles. The normalized spacial score (nSPS) is 27.9. The maximum absolute atomic E-state index is 3.83. The topological polar surface area (TPSA) is 15.3 Å². The lowest BCUT2D eigenvalue weighted by atomic mass is 9.87. The summed E-state index contributed by atoms with van der Waals surface area (Å²) in [5, 5.41) is 3.83. The zero-order valence-corrected chi connectivity index (χ0v) is 12.9. The molecule has 1 heterocycles. The number of likely N-dealkylation sites (tertiary alicyclic amines) is 1. The summed E-state index contributed by atoms with van der Waals surface area (Å²) < 4.78 is 0. The zero-order valence-electron chi connectivity index (χ0n) is 12.9. The molecule has 0 amide bonds. The van der Waals surface area contributed by atoms with E-state index in [-0.39, 0.29) is 0 Å². The van der Waals surface area contributed by atoms with Crippen LogP contribution in [-0.4, -0.2) is 36.6 Å². The Balaban J connectivity index is 1.66. The van der Waals surface area contributed by atoms with Crippen molar-refractivity contribution in [1.82, 2.24) is 10.2 Å². The molecule has 2 unspecified atom stereocenters. The smallest absolute Gasteiger partial charge is 0.0201 e. The van der Waals surface area contributed by atoms with Gasteiger partial charge in [0.2, 0.25) is 0 Å². The molecule has 2 atom stereocenters. The van der Waals surface area contributed by atoms with E-state index in [1.165, 1.54) is 44.5 Å². The summed E-state index contributed by atoms with van der Waals surface area (Å²) >= 11 is 0. The van der Waals surface area contributed by atoms with Crippen LogP contribution in [0.3, 0.4) is 0 Å². The fourth-order valence-corrected chi connectivity index (χ4v) is 3.32. The Morgan fingerprint density at radius 1 is 1.15 bits per heavy atom. The molecule has 20 heavy (non-hydrogen) atoms. The largest absolute Gasteiger partial charge is 0.312 e. The van der Waals surface area contributed by atoms with E-state index < -0.39 is 0 Å². The van der Waals surface area contributed by atoms with Crippen LogP contribution in [-0.2, 0) is 0 Å². The van der Waals surface area contributed by atoms with Crippen molar-refractivity contribution in [3.05, 3.63) is 35.9 Å². The van der Waals surface area contributed by atoms with Gasteiger partial charge in [-0.1, -0.05) is 30.3 Å². The van der Waals surface area contributed by atoms with Gasteiger partial charge in [-0.05, 0) is 57.1 Å². The Hall–Kier alpha value is -0.860. The Morgan fingerprint density at radius 2 is 1.90 bits per heavy atom. The number of piperidine rings is 1. The average molecular weight is 272 g/mol. The first kappa shape index (κ1) is 14.1. The second-order valence-electron chi connectivity index (χ2n) is 6.94. The summed E-state index contributed by atoms with van der Waals surface area (Å²) in [5.41, 5.74) is 1.51. The third-order valence-electron chi connectivity index (χ3n) is 4.87. The highest BCUT2D eigenvalue weighted by atomic mass is 15.2. The summed E-state index contributed by atoms with van der Waals surface area (Å²) in [5.74, 6) is 1.66. The monoisotopic (exact) mass is 272 g/mol. The van der Waals surface area contributed by atoms with Gasteiger partial charge in [-0.2, -0.15) is 0 Å². The van der Waals surface area contributed by atoms with Gasteiger partial charge >= 0.3 is 0 Å². The van der Waals surface area contributed by atoms with Crippen molar-refractivity contribution >= 4 is 0 Å². The van der Waals surface area contributed by atoms with Gasteiger partial charge in [0.05, 0.1) is 0 Å². The molecule has 1 saturated carbocycles. The van der Waals surface area contributed by atoms with Crippen LogP contribution in [0.2, 0.25) is 0 Å². The molecule has 0 aromatic heterocycles. The predicted molar refractivity (Wildman–Crippen MR) is 85.0 cm³/mol. The molecule has 1 saturated heterocycles. The van der Waals surface area contributed by atoms with E-state index in [4.69, 9.17) is 0 Å². The van der Waals surface area contributed by atoms with Crippen LogP contribution in [0.5, 0.6) is 0 Å². The van der Waals surface area contributed by atoms with Gasteiger partial charge in [-0.25, -0.2) is 0 Å². The fraction of sp³-hybridized carbons (Fsp3) is 0.667. The molecule has 1 aromatic carbocycles. The molecule has 1 aliphatic heterocycles. The molecule has 110 valence electrons. The van der Waals surface area contributed by atoms with Crippen molar-refractivity contribution in [2.45, 2.75) is 51.1 Å². The third-order valence-corrected chi connectivity index (χ3v) is 4.87. The van der Waals surface area contributed by atoms with Crippen molar-refractivity contribution < 1.29 is 0 Å². The Bertz CT molecular complexity index is 411. The van der Waals surface area contributed by atoms with Crippen LogP contribution in [0.1, 0.15) is 44.6 Å². The lowest BCUT2D eigenvalue weighted by Gasteiger charge is -2.40. The molecule has 3 rings (SSSR count). The Labute approximate surface area is 123 Å². The lowest BCUT2D eigenvalue weighted by molar-refractivity contribution is 0.137. The van der Waals surface area contributed by atoms with Crippen LogP contribution in [0, 0.1) is 5.92 Å². The van der Waals surface area contributed by atoms with Crippen LogP contribution in [0.15, 0.2) is 30.3 Å². The molecular weight excluding hydrogens is 244 g/mol. The van der Waals surface area contributed by atoms with Crippen molar-refractivity contribution in [2.75, 3.05) is 19.6 Å². The van der Waals surface area contributed by atoms with Gasteiger partial charge in [-0.15, -0.1) is 0 Å². The van der Waals surface area contributed by atoms with Gasteiger partial charge < -0.3 is 5.32 Å². The molecule has 2 aliphatic rings. The first-order chi connectivity index (χ1) is 9.72. The maximum Gasteiger partial charge on any atom is 0.0201 e. The highest BCUT2D eigenvalue weighted by Crippen LogP contribution is 2.30. The maximum atomic E-state index is 3.83. The molecular formula is C18H28N2. The van der Waals surface area contributed by atoms with E-state index in [1.54, 1.807) is 0 Å². The molecule has 2 nitrogen and oxygen atoms in total. The predicted octanol–water partition coefficient (Wildman–Crippen LogP) is 3.25. The standard InChI is InChI=1S/C18H28N2/c1-14(2)20-12-17(16-6-4-3-5-7-16)10-18(13-20)19-11-15-8-9-15/h3-7,14-15,17-19H,8-13H2,1-2H3. The fourth-order valence-electron chi connectivity index (χ4n) is 3.32. The number of benzene rings is 1. The van der Waals surface area contributed by atoms with Gasteiger partial charge in [-0.3, -0.25) is 4.90 Å². The lowest BCUT2D eigenvalue weighted by Crippen LogP contribution is -2.51. The number of nitrogens with one attached hydrogen (secondary N) is 1. The molecule has 0 bridgehead atoms. The van der Waals surface area contributed by atoms with Crippen molar-refractivity contribution in [2.24, 2.45) is 5.92 Å². The van der Waals surface area contributed by atoms with E-state index in [0.29, 0.717) is 18.0 Å². The van der Waals surface area contributed by atoms with Crippen LogP contribution < -0.4 is 5.32 Å². The second kappa shape index (κ2) is 6.28. The SMILES string of the molecule is CC(C)N1CC(NCC2CC2)CC(c2ccccc2)C1. The number of hydrogen-bond acceptors (Lipinski definition) is 2. The summed E-state index contributed by atoms with van der Waals surface area (Å²) in [6, 6.07) is 12.4. The van der Waals surface area contributed by atoms with Crippen molar-refractivity contribution in [1.29, 1.82) is 0 Å². The molecule has 0 spiro atoms. The minimum Gasteiger partial charge on any atom is -0.312 e. The number of hydrogen-bond donors (Lipinski definition) is 1. The van der Waals surface area contributed by atoms with E-state index in [9.17, 15) is 0 Å². The molecule has 2 fully saturated rings. The first-order valence-electron chi connectivity index (χ1n) is 8.24. The van der Waals surface area contributed by atoms with E-state index in [2.05, 4.69) is 54.4 Å². The summed E-state index contributed by atoms with van der Waals surface area (Å²) in [7, 11) is 0. The van der Waals surface area contributed by atoms with Crippen molar-refractivity contribution in [3.8, 4) is 0 Å². The van der Waals surface area contributed by atoms with Gasteiger partial charge in [0.15, 0.2) is 0 Å². The molecule has 2 heteroatoms. The Morgan fingerprint density at radius 3 is 2.55 bits per heavy atom. The quantitative estimate of drug-likeness (QED) is 0.885. The summed E-state index contributed by atoms with van der Waals surface area (Å²) in [6.07, 6.45) is 4.17. The number of nitrogens with zero attached hydrogens (tertiary/aromatic N) is 1. The molecule has 1 aromatic rings. The van der Waals surface area contributed by atoms with Crippen LogP contribution in [0.4, 0.5) is 0 Å². The van der Waals surface area contributed by atoms with Crippen molar-refractivity contribution in [3.63, 3.8) is 0 Å². The van der Waals surface area contributed by atoms with E-state index >= 15 is 0 Å². The van der Waals surface area contributed by atoms with Crippen LogP contribution >= 0.6 is 0 Å². The summed E-state index contributed by atoms with van der Waals surface area (Å²) in [4.78, 5) is 2.64. The Kier molecular flexibility index (Phi) is 4.42. The zero-order chi connectivity index (χ0) is 13.9. The first-order valence-corrected chi connectivity index (χ1v) is 8.24. The van der Waals surface area contributed by atoms with Crippen LogP contribution in [0.25, 0.3) is 0 Å². The average Bonchev–Trinajstić information content (AvgIpc) is 3.30. The minimum absolute atomic E-state index is 0.645. The van der Waals surface area contributed by atoms with Gasteiger partial charge in [0.25, 0.3) is 0 Å². The highest BCUT2D eigenvalue weighted by Gasteiger charge is 2.30.